The van der Waals surface area contributed by atoms with Crippen molar-refractivity contribution in [2.45, 2.75) is 6.42 Å². The number of hydrogen-bond acceptors (Lipinski definition) is 3. The van der Waals surface area contributed by atoms with Crippen LogP contribution in [0.1, 0.15) is 5.56 Å². The fraction of sp³-hybridized carbons (Fsp3) is 0.125. The lowest BCUT2D eigenvalue weighted by atomic mass is 10.1. The van der Waals surface area contributed by atoms with Crippen LogP contribution in [0.3, 0.4) is 0 Å². The molecule has 3 nitrogen and oxygen atoms in total. The Morgan fingerprint density at radius 3 is 2.27 bits per heavy atom. The molecule has 0 saturated carbocycles. The molecule has 0 aromatic heterocycles. The van der Waals surface area contributed by atoms with Gasteiger partial charge in [0.2, 0.25) is 0 Å². The van der Waals surface area contributed by atoms with Crippen LogP contribution in [0.15, 0.2) is 18.2 Å². The van der Waals surface area contributed by atoms with Crippen molar-refractivity contribution < 1.29 is 0 Å². The zero-order valence-corrected chi connectivity index (χ0v) is 6.04. The van der Waals surface area contributed by atoms with Gasteiger partial charge in [-0.2, -0.15) is 5.26 Å². The highest BCUT2D eigenvalue weighted by Gasteiger charge is 2.00. The molecule has 0 amide bonds. The minimum Gasteiger partial charge on any atom is -0.398 e. The zero-order chi connectivity index (χ0) is 8.27. The lowest BCUT2D eigenvalue weighted by Gasteiger charge is -2.03. The van der Waals surface area contributed by atoms with Crippen molar-refractivity contribution in [2.24, 2.45) is 0 Å². The van der Waals surface area contributed by atoms with Crippen molar-refractivity contribution in [1.82, 2.24) is 0 Å². The van der Waals surface area contributed by atoms with E-state index in [0.29, 0.717) is 11.4 Å². The summed E-state index contributed by atoms with van der Waals surface area (Å²) in [6.45, 7) is 0. The van der Waals surface area contributed by atoms with Gasteiger partial charge in [-0.15, -0.1) is 0 Å². The fourth-order valence-electron chi connectivity index (χ4n) is 0.906. The van der Waals surface area contributed by atoms with Gasteiger partial charge in [-0.3, -0.25) is 0 Å². The second kappa shape index (κ2) is 2.93. The van der Waals surface area contributed by atoms with Gasteiger partial charge in [0.15, 0.2) is 0 Å². The van der Waals surface area contributed by atoms with Crippen LogP contribution in [0.25, 0.3) is 0 Å². The molecule has 1 rings (SSSR count). The maximum absolute atomic E-state index is 8.41. The second-order valence-electron chi connectivity index (χ2n) is 2.25. The average molecular weight is 147 g/mol. The Morgan fingerprint density at radius 2 is 1.82 bits per heavy atom. The van der Waals surface area contributed by atoms with E-state index in [4.69, 9.17) is 16.7 Å². The minimum atomic E-state index is 0.276. The first-order valence-corrected chi connectivity index (χ1v) is 3.25. The van der Waals surface area contributed by atoms with Crippen LogP contribution in [0.2, 0.25) is 0 Å². The van der Waals surface area contributed by atoms with E-state index >= 15 is 0 Å². The zero-order valence-electron chi connectivity index (χ0n) is 6.04. The molecule has 1 aromatic carbocycles. The molecule has 0 radical (unpaired) electrons. The van der Waals surface area contributed by atoms with Gasteiger partial charge in [-0.25, -0.2) is 0 Å². The summed E-state index contributed by atoms with van der Waals surface area (Å²) in [6.07, 6.45) is 0.276. The highest BCUT2D eigenvalue weighted by Crippen LogP contribution is 2.18. The molecule has 0 atom stereocenters. The van der Waals surface area contributed by atoms with E-state index in [2.05, 4.69) is 0 Å². The first kappa shape index (κ1) is 7.42. The number of nitrogens with two attached hydrogens (primary N) is 2. The maximum Gasteiger partial charge on any atom is 0.0671 e. The topological polar surface area (TPSA) is 75.8 Å². The molecular formula is C8H9N3. The summed E-state index contributed by atoms with van der Waals surface area (Å²) < 4.78 is 0. The molecule has 0 aliphatic rings. The third-order valence-electron chi connectivity index (χ3n) is 1.50. The number of nitriles is 1. The SMILES string of the molecule is N#CCc1c(N)cccc1N. The normalized spacial score (nSPS) is 9.00. The molecule has 1 aromatic rings. The molecule has 0 aliphatic heterocycles. The van der Waals surface area contributed by atoms with Gasteiger partial charge in [-0.05, 0) is 12.1 Å². The lowest BCUT2D eigenvalue weighted by molar-refractivity contribution is 1.27. The predicted octanol–water partition coefficient (Wildman–Crippen LogP) is 0.917. The number of anilines is 2. The third-order valence-corrected chi connectivity index (χ3v) is 1.50. The van der Waals surface area contributed by atoms with Crippen LogP contribution < -0.4 is 11.5 Å². The van der Waals surface area contributed by atoms with Crippen molar-refractivity contribution in [3.8, 4) is 6.07 Å². The van der Waals surface area contributed by atoms with Gasteiger partial charge in [0.1, 0.15) is 0 Å². The molecule has 0 saturated heterocycles. The molecule has 4 N–H and O–H groups in total. The molecule has 0 aliphatic carbocycles. The molecule has 0 heterocycles. The van der Waals surface area contributed by atoms with Crippen molar-refractivity contribution in [1.29, 1.82) is 5.26 Å². The van der Waals surface area contributed by atoms with Crippen LogP contribution >= 0.6 is 0 Å². The molecule has 11 heavy (non-hydrogen) atoms. The van der Waals surface area contributed by atoms with E-state index in [0.717, 1.165) is 5.56 Å². The number of nitrogens with zero attached hydrogens (tertiary/aromatic N) is 1. The molecule has 0 bridgehead atoms. The van der Waals surface area contributed by atoms with Crippen LogP contribution in [-0.4, -0.2) is 0 Å². The van der Waals surface area contributed by atoms with Gasteiger partial charge in [0.05, 0.1) is 12.5 Å². The van der Waals surface area contributed by atoms with Crippen molar-refractivity contribution >= 4 is 11.4 Å². The maximum atomic E-state index is 8.41. The van der Waals surface area contributed by atoms with E-state index in [-0.39, 0.29) is 6.42 Å². The summed E-state index contributed by atoms with van der Waals surface area (Å²) in [5.74, 6) is 0. The average Bonchev–Trinajstić information content (AvgIpc) is 1.97. The predicted molar refractivity (Wildman–Crippen MR) is 44.6 cm³/mol. The first-order chi connectivity index (χ1) is 5.25. The summed E-state index contributed by atoms with van der Waals surface area (Å²) in [4.78, 5) is 0. The van der Waals surface area contributed by atoms with Crippen LogP contribution in [0.5, 0.6) is 0 Å². The Hall–Kier alpha value is -1.69. The Labute approximate surface area is 65.2 Å². The highest BCUT2D eigenvalue weighted by atomic mass is 14.6. The molecular weight excluding hydrogens is 138 g/mol. The van der Waals surface area contributed by atoms with Gasteiger partial charge >= 0.3 is 0 Å². The fourth-order valence-corrected chi connectivity index (χ4v) is 0.906. The van der Waals surface area contributed by atoms with Crippen LogP contribution in [-0.2, 0) is 6.42 Å². The quantitative estimate of drug-likeness (QED) is 0.580. The summed E-state index contributed by atoms with van der Waals surface area (Å²) in [5.41, 5.74) is 13.1. The minimum absolute atomic E-state index is 0.276. The van der Waals surface area contributed by atoms with Gasteiger partial charge < -0.3 is 11.5 Å². The second-order valence-corrected chi connectivity index (χ2v) is 2.25. The van der Waals surface area contributed by atoms with Gasteiger partial charge in [-0.1, -0.05) is 6.07 Å². The Morgan fingerprint density at radius 1 is 1.27 bits per heavy atom. The number of rotatable bonds is 1. The molecule has 56 valence electrons. The van der Waals surface area contributed by atoms with Crippen LogP contribution in [0, 0.1) is 11.3 Å². The summed E-state index contributed by atoms with van der Waals surface area (Å²) in [7, 11) is 0. The highest BCUT2D eigenvalue weighted by molar-refractivity contribution is 5.61. The van der Waals surface area contributed by atoms with Gasteiger partial charge in [0.25, 0.3) is 0 Å². The number of nitrogen functional groups attached to an aromatic ring is 2. The van der Waals surface area contributed by atoms with Crippen molar-refractivity contribution in [2.75, 3.05) is 11.5 Å². The Balaban J connectivity index is 3.12. The largest absolute Gasteiger partial charge is 0.398 e. The summed E-state index contributed by atoms with van der Waals surface area (Å²) in [5, 5.41) is 8.41. The Kier molecular flexibility index (Phi) is 1.98. The van der Waals surface area contributed by atoms with Crippen molar-refractivity contribution in [3.63, 3.8) is 0 Å². The lowest BCUT2D eigenvalue weighted by Crippen LogP contribution is -1.98. The molecule has 0 unspecified atom stereocenters. The summed E-state index contributed by atoms with van der Waals surface area (Å²) in [6, 6.07) is 7.25. The van der Waals surface area contributed by atoms with E-state index in [9.17, 15) is 0 Å². The van der Waals surface area contributed by atoms with E-state index in [1.807, 2.05) is 6.07 Å². The smallest absolute Gasteiger partial charge is 0.0671 e. The van der Waals surface area contributed by atoms with Crippen LogP contribution in [0.4, 0.5) is 11.4 Å². The number of hydrogen-bond donors (Lipinski definition) is 2. The van der Waals surface area contributed by atoms with E-state index in [1.54, 1.807) is 18.2 Å². The third kappa shape index (κ3) is 1.41. The first-order valence-electron chi connectivity index (χ1n) is 3.25. The van der Waals surface area contributed by atoms with Crippen molar-refractivity contribution in [3.05, 3.63) is 23.8 Å². The monoisotopic (exact) mass is 147 g/mol. The van der Waals surface area contributed by atoms with Gasteiger partial charge in [0, 0.05) is 16.9 Å². The molecule has 3 heteroatoms. The number of benzene rings is 1. The van der Waals surface area contributed by atoms with E-state index < -0.39 is 0 Å². The standard InChI is InChI=1S/C8H9N3/c9-5-4-6-7(10)2-1-3-8(6)11/h1-3H,4,10-11H2. The Bertz CT molecular complexity index is 278. The molecule has 0 fully saturated rings. The van der Waals surface area contributed by atoms with E-state index in [1.165, 1.54) is 0 Å². The summed E-state index contributed by atoms with van der Waals surface area (Å²) >= 11 is 0. The molecule has 0 spiro atoms.